The highest BCUT2D eigenvalue weighted by Gasteiger charge is 2.13. The quantitative estimate of drug-likeness (QED) is 0.605. The number of anilines is 1. The molecular weight excluding hydrogens is 396 g/mol. The minimum Gasteiger partial charge on any atom is -0.372 e. The molecule has 0 fully saturated rings. The molecule has 0 saturated carbocycles. The maximum atomic E-state index is 11.9. The third-order valence-corrected chi connectivity index (χ3v) is 5.01. The molecule has 0 radical (unpaired) electrons. The number of halogens is 1. The van der Waals surface area contributed by atoms with Crippen molar-refractivity contribution in [3.63, 3.8) is 0 Å². The Bertz CT molecular complexity index is 771. The summed E-state index contributed by atoms with van der Waals surface area (Å²) in [6.45, 7) is -0.0555. The molecule has 11 heteroatoms. The predicted octanol–water partition coefficient (Wildman–Crippen LogP) is 0.675. The lowest BCUT2D eigenvalue weighted by atomic mass is 10.3. The molecule has 2 rings (SSSR count). The molecule has 3 N–H and O–H groups in total. The molecule has 0 spiro atoms. The molecule has 0 bridgehead atoms. The zero-order valence-corrected chi connectivity index (χ0v) is 14.6. The molecule has 0 aliphatic carbocycles. The molecular formula is C11H13BrN4O4S2. The monoisotopic (exact) mass is 408 g/mol. The summed E-state index contributed by atoms with van der Waals surface area (Å²) in [5.41, 5.74) is 0.189. The molecule has 2 aromatic rings. The Hall–Kier alpha value is -1.43. The lowest BCUT2D eigenvalue weighted by molar-refractivity contribution is 0.0927. The van der Waals surface area contributed by atoms with E-state index in [1.54, 1.807) is 5.38 Å². The van der Waals surface area contributed by atoms with Crippen LogP contribution in [0.15, 0.2) is 28.4 Å². The number of thiazole rings is 1. The Morgan fingerprint density at radius 2 is 2.32 bits per heavy atom. The van der Waals surface area contributed by atoms with Gasteiger partial charge < -0.3 is 15.7 Å². The second kappa shape index (κ2) is 6.77. The van der Waals surface area contributed by atoms with E-state index in [0.29, 0.717) is 9.73 Å². The molecule has 1 unspecified atom stereocenters. The Kier molecular flexibility index (Phi) is 5.21. The first-order chi connectivity index (χ1) is 10.3. The zero-order valence-electron chi connectivity index (χ0n) is 11.4. The number of hydrogen-bond donors (Lipinski definition) is 3. The summed E-state index contributed by atoms with van der Waals surface area (Å²) < 4.78 is 24.2. The second-order valence-electron chi connectivity index (χ2n) is 4.34. The Labute approximate surface area is 139 Å². The Balaban J connectivity index is 1.88. The molecule has 1 amide bonds. The number of aromatic nitrogens is 2. The molecule has 0 aliphatic rings. The number of rotatable bonds is 6. The minimum atomic E-state index is -3.42. The molecule has 0 saturated heterocycles. The summed E-state index contributed by atoms with van der Waals surface area (Å²) in [6, 6.07) is 1.38. The number of amides is 1. The third-order valence-electron chi connectivity index (χ3n) is 2.53. The zero-order chi connectivity index (χ0) is 16.3. The van der Waals surface area contributed by atoms with Crippen LogP contribution in [-0.2, 0) is 10.0 Å². The molecule has 8 nitrogen and oxygen atoms in total. The summed E-state index contributed by atoms with van der Waals surface area (Å²) in [5, 5.41) is 17.2. The number of aliphatic hydroxyl groups is 1. The van der Waals surface area contributed by atoms with Crippen LogP contribution in [0.25, 0.3) is 0 Å². The summed E-state index contributed by atoms with van der Waals surface area (Å²) in [7, 11) is -3.42. The fraction of sp³-hybridized carbons (Fsp3) is 0.273. The van der Waals surface area contributed by atoms with Crippen molar-refractivity contribution in [3.8, 4) is 0 Å². The number of carbonyl (C=O) groups is 1. The minimum absolute atomic E-state index is 0.0555. The number of aliphatic hydroxyl groups excluding tert-OH is 1. The van der Waals surface area contributed by atoms with Crippen LogP contribution in [0.5, 0.6) is 0 Å². The van der Waals surface area contributed by atoms with Crippen LogP contribution in [0.4, 0.5) is 5.13 Å². The van der Waals surface area contributed by atoms with Crippen LogP contribution in [0, 0.1) is 0 Å². The van der Waals surface area contributed by atoms with E-state index >= 15 is 0 Å². The predicted molar refractivity (Wildman–Crippen MR) is 86.5 cm³/mol. The first kappa shape index (κ1) is 16.9. The van der Waals surface area contributed by atoms with Gasteiger partial charge in [0, 0.05) is 17.8 Å². The lowest BCUT2D eigenvalue weighted by Crippen LogP contribution is -2.36. The number of nitrogens with one attached hydrogen (secondary N) is 2. The van der Waals surface area contributed by atoms with Gasteiger partial charge in [-0.1, -0.05) is 0 Å². The van der Waals surface area contributed by atoms with Gasteiger partial charge in [-0.25, -0.2) is 13.4 Å². The van der Waals surface area contributed by atoms with Crippen LogP contribution in [0.1, 0.15) is 10.4 Å². The molecule has 120 valence electrons. The Morgan fingerprint density at radius 3 is 2.86 bits per heavy atom. The maximum absolute atomic E-state index is 11.9. The van der Waals surface area contributed by atoms with Crippen molar-refractivity contribution in [2.24, 2.45) is 0 Å². The van der Waals surface area contributed by atoms with Crippen molar-refractivity contribution in [1.82, 2.24) is 14.3 Å². The Morgan fingerprint density at radius 1 is 1.59 bits per heavy atom. The van der Waals surface area contributed by atoms with Crippen LogP contribution >= 0.6 is 27.3 Å². The molecule has 0 aliphatic heterocycles. The van der Waals surface area contributed by atoms with E-state index in [-0.39, 0.29) is 12.1 Å². The largest absolute Gasteiger partial charge is 0.372 e. The van der Waals surface area contributed by atoms with Gasteiger partial charge in [0.2, 0.25) is 10.0 Å². The van der Waals surface area contributed by atoms with Gasteiger partial charge in [-0.3, -0.25) is 8.77 Å². The third kappa shape index (κ3) is 4.53. The number of hydrogen-bond acceptors (Lipinski definition) is 7. The van der Waals surface area contributed by atoms with Crippen LogP contribution in [-0.4, -0.2) is 47.4 Å². The molecule has 22 heavy (non-hydrogen) atoms. The second-order valence-corrected chi connectivity index (χ2v) is 7.90. The first-order valence-electron chi connectivity index (χ1n) is 5.98. The van der Waals surface area contributed by atoms with Crippen LogP contribution in [0.2, 0.25) is 0 Å². The van der Waals surface area contributed by atoms with Crippen LogP contribution < -0.4 is 10.6 Å². The van der Waals surface area contributed by atoms with E-state index in [2.05, 4.69) is 31.5 Å². The van der Waals surface area contributed by atoms with Gasteiger partial charge in [-0.2, -0.15) is 0 Å². The highest BCUT2D eigenvalue weighted by Crippen LogP contribution is 2.19. The van der Waals surface area contributed by atoms with Gasteiger partial charge in [-0.05, 0) is 22.0 Å². The summed E-state index contributed by atoms with van der Waals surface area (Å²) in [4.78, 5) is 15.9. The van der Waals surface area contributed by atoms with Gasteiger partial charge in [0.1, 0.15) is 10.8 Å². The van der Waals surface area contributed by atoms with E-state index < -0.39 is 22.2 Å². The SMILES string of the molecule is CS(=O)(=O)n1ccc(C(=O)NCC(O)Nc2nc(Br)cs2)c1. The highest BCUT2D eigenvalue weighted by molar-refractivity contribution is 9.10. The maximum Gasteiger partial charge on any atom is 0.253 e. The standard InChI is InChI=1S/C11H13BrN4O4S2/c1-22(19,20)16-3-2-7(5-16)10(18)13-4-9(17)15-11-14-8(12)6-21-11/h2-3,5-6,9,17H,4H2,1H3,(H,13,18)(H,14,15). The highest BCUT2D eigenvalue weighted by atomic mass is 79.9. The number of nitrogens with zero attached hydrogens (tertiary/aromatic N) is 2. The van der Waals surface area contributed by atoms with Crippen molar-refractivity contribution in [2.45, 2.75) is 6.23 Å². The van der Waals surface area contributed by atoms with Crippen molar-refractivity contribution in [3.05, 3.63) is 34.0 Å². The van der Waals surface area contributed by atoms with E-state index in [0.717, 1.165) is 10.2 Å². The smallest absolute Gasteiger partial charge is 0.253 e. The van der Waals surface area contributed by atoms with E-state index in [1.807, 2.05) is 0 Å². The first-order valence-corrected chi connectivity index (χ1v) is 9.50. The molecule has 0 aromatic carbocycles. The van der Waals surface area contributed by atoms with Crippen molar-refractivity contribution in [1.29, 1.82) is 0 Å². The topological polar surface area (TPSA) is 113 Å². The van der Waals surface area contributed by atoms with E-state index in [4.69, 9.17) is 0 Å². The molecule has 2 heterocycles. The van der Waals surface area contributed by atoms with Crippen LogP contribution in [0.3, 0.4) is 0 Å². The van der Waals surface area contributed by atoms with Crippen molar-refractivity contribution < 1.29 is 18.3 Å². The van der Waals surface area contributed by atoms with Crippen molar-refractivity contribution in [2.75, 3.05) is 18.1 Å². The molecule has 2 aromatic heterocycles. The normalized spacial score (nSPS) is 12.9. The van der Waals surface area contributed by atoms with Crippen molar-refractivity contribution >= 4 is 48.3 Å². The van der Waals surface area contributed by atoms with Gasteiger partial charge >= 0.3 is 0 Å². The van der Waals surface area contributed by atoms with Gasteiger partial charge in [0.15, 0.2) is 5.13 Å². The lowest BCUT2D eigenvalue weighted by Gasteiger charge is -2.12. The fourth-order valence-electron chi connectivity index (χ4n) is 1.52. The summed E-state index contributed by atoms with van der Waals surface area (Å²) in [5.74, 6) is -0.483. The van der Waals surface area contributed by atoms with Gasteiger partial charge in [-0.15, -0.1) is 11.3 Å². The average molecular weight is 409 g/mol. The average Bonchev–Trinajstić information content (AvgIpc) is 3.04. The molecule has 1 atom stereocenters. The van der Waals surface area contributed by atoms with Gasteiger partial charge in [0.25, 0.3) is 5.91 Å². The van der Waals surface area contributed by atoms with E-state index in [1.165, 1.54) is 29.8 Å². The van der Waals surface area contributed by atoms with E-state index in [9.17, 15) is 18.3 Å². The fourth-order valence-corrected chi connectivity index (χ4v) is 3.30. The summed E-state index contributed by atoms with van der Waals surface area (Å²) in [6.07, 6.45) is 2.52. The number of carbonyl (C=O) groups excluding carboxylic acids is 1. The van der Waals surface area contributed by atoms with Gasteiger partial charge in [0.05, 0.1) is 18.4 Å². The summed E-state index contributed by atoms with van der Waals surface area (Å²) >= 11 is 4.49.